The standard InChI is InChI=1S/C11H14FN/c1-7-9(3-2-4-11(7)12)10-5-8(10)6-13/h2-4,8,10H,5-6,13H2,1H3/t8-,10-/m1/s1. The van der Waals surface area contributed by atoms with Crippen molar-refractivity contribution in [3.05, 3.63) is 35.1 Å². The maximum Gasteiger partial charge on any atom is 0.126 e. The van der Waals surface area contributed by atoms with E-state index in [0.717, 1.165) is 24.1 Å². The highest BCUT2D eigenvalue weighted by atomic mass is 19.1. The van der Waals surface area contributed by atoms with E-state index < -0.39 is 0 Å². The molecule has 0 aromatic heterocycles. The smallest absolute Gasteiger partial charge is 0.126 e. The molecular weight excluding hydrogens is 165 g/mol. The van der Waals surface area contributed by atoms with Crippen LogP contribution in [0.4, 0.5) is 4.39 Å². The van der Waals surface area contributed by atoms with Gasteiger partial charge >= 0.3 is 0 Å². The molecule has 0 unspecified atom stereocenters. The zero-order valence-corrected chi connectivity index (χ0v) is 7.76. The van der Waals surface area contributed by atoms with Crippen molar-refractivity contribution in [2.45, 2.75) is 19.3 Å². The third kappa shape index (κ3) is 1.46. The molecule has 1 nitrogen and oxygen atoms in total. The number of rotatable bonds is 2. The van der Waals surface area contributed by atoms with Crippen molar-refractivity contribution in [1.82, 2.24) is 0 Å². The summed E-state index contributed by atoms with van der Waals surface area (Å²) >= 11 is 0. The van der Waals surface area contributed by atoms with Crippen LogP contribution in [-0.4, -0.2) is 6.54 Å². The third-order valence-corrected chi connectivity index (χ3v) is 2.93. The maximum absolute atomic E-state index is 13.2. The second-order valence-electron chi connectivity index (χ2n) is 3.79. The van der Waals surface area contributed by atoms with Gasteiger partial charge in [-0.2, -0.15) is 0 Å². The average molecular weight is 179 g/mol. The van der Waals surface area contributed by atoms with Gasteiger partial charge in [-0.05, 0) is 48.9 Å². The highest BCUT2D eigenvalue weighted by Crippen LogP contribution is 2.47. The van der Waals surface area contributed by atoms with Crippen LogP contribution < -0.4 is 5.73 Å². The Hall–Kier alpha value is -0.890. The van der Waals surface area contributed by atoms with Gasteiger partial charge in [0.05, 0.1) is 0 Å². The molecular formula is C11H14FN. The third-order valence-electron chi connectivity index (χ3n) is 2.93. The van der Waals surface area contributed by atoms with Crippen LogP contribution >= 0.6 is 0 Å². The van der Waals surface area contributed by atoms with Gasteiger partial charge in [0.1, 0.15) is 5.82 Å². The number of hydrogen-bond donors (Lipinski definition) is 1. The first-order valence-electron chi connectivity index (χ1n) is 4.69. The molecule has 0 amide bonds. The van der Waals surface area contributed by atoms with Gasteiger partial charge in [0.25, 0.3) is 0 Å². The Balaban J connectivity index is 2.27. The minimum atomic E-state index is -0.0971. The van der Waals surface area contributed by atoms with E-state index in [4.69, 9.17) is 5.73 Å². The number of hydrogen-bond acceptors (Lipinski definition) is 1. The fourth-order valence-corrected chi connectivity index (χ4v) is 1.91. The summed E-state index contributed by atoms with van der Waals surface area (Å²) in [5.41, 5.74) is 7.50. The molecule has 1 aromatic rings. The molecule has 2 N–H and O–H groups in total. The molecule has 0 spiro atoms. The van der Waals surface area contributed by atoms with E-state index in [1.54, 1.807) is 6.07 Å². The fourth-order valence-electron chi connectivity index (χ4n) is 1.91. The zero-order valence-electron chi connectivity index (χ0n) is 7.76. The van der Waals surface area contributed by atoms with Crippen LogP contribution in [0.15, 0.2) is 18.2 Å². The molecule has 2 heteroatoms. The van der Waals surface area contributed by atoms with Gasteiger partial charge in [-0.15, -0.1) is 0 Å². The van der Waals surface area contributed by atoms with Gasteiger partial charge in [-0.1, -0.05) is 12.1 Å². The van der Waals surface area contributed by atoms with Crippen molar-refractivity contribution < 1.29 is 4.39 Å². The second-order valence-corrected chi connectivity index (χ2v) is 3.79. The van der Waals surface area contributed by atoms with E-state index in [2.05, 4.69) is 0 Å². The Morgan fingerprint density at radius 3 is 2.92 bits per heavy atom. The molecule has 1 aromatic carbocycles. The van der Waals surface area contributed by atoms with Crippen LogP contribution in [0.2, 0.25) is 0 Å². The molecule has 1 fully saturated rings. The second kappa shape index (κ2) is 3.11. The maximum atomic E-state index is 13.2. The molecule has 2 atom stereocenters. The molecule has 1 aliphatic carbocycles. The van der Waals surface area contributed by atoms with Crippen LogP contribution in [0.25, 0.3) is 0 Å². The lowest BCUT2D eigenvalue weighted by Gasteiger charge is -2.04. The summed E-state index contributed by atoms with van der Waals surface area (Å²) < 4.78 is 13.2. The highest BCUT2D eigenvalue weighted by molar-refractivity contribution is 5.34. The number of benzene rings is 1. The minimum absolute atomic E-state index is 0.0971. The first-order valence-corrected chi connectivity index (χ1v) is 4.69. The van der Waals surface area contributed by atoms with E-state index in [1.807, 2.05) is 13.0 Å². The van der Waals surface area contributed by atoms with Crippen molar-refractivity contribution in [2.24, 2.45) is 11.7 Å². The topological polar surface area (TPSA) is 26.0 Å². The first-order chi connectivity index (χ1) is 6.24. The van der Waals surface area contributed by atoms with Crippen molar-refractivity contribution in [2.75, 3.05) is 6.54 Å². The van der Waals surface area contributed by atoms with Gasteiger partial charge in [0.2, 0.25) is 0 Å². The Morgan fingerprint density at radius 2 is 2.31 bits per heavy atom. The van der Waals surface area contributed by atoms with Gasteiger partial charge in [-0.3, -0.25) is 0 Å². The summed E-state index contributed by atoms with van der Waals surface area (Å²) in [5.74, 6) is 1.00. The van der Waals surface area contributed by atoms with Crippen LogP contribution in [0.1, 0.15) is 23.5 Å². The quantitative estimate of drug-likeness (QED) is 0.740. The Bertz CT molecular complexity index is 322. The van der Waals surface area contributed by atoms with E-state index in [-0.39, 0.29) is 5.82 Å². The molecule has 70 valence electrons. The number of halogens is 1. The molecule has 0 heterocycles. The molecule has 1 saturated carbocycles. The predicted octanol–water partition coefficient (Wildman–Crippen LogP) is 2.20. The summed E-state index contributed by atoms with van der Waals surface area (Å²) in [7, 11) is 0. The monoisotopic (exact) mass is 179 g/mol. The highest BCUT2D eigenvalue weighted by Gasteiger charge is 2.37. The Morgan fingerprint density at radius 1 is 1.54 bits per heavy atom. The van der Waals surface area contributed by atoms with Crippen LogP contribution in [0.3, 0.4) is 0 Å². The lowest BCUT2D eigenvalue weighted by Crippen LogP contribution is -2.02. The molecule has 0 saturated heterocycles. The van der Waals surface area contributed by atoms with Gasteiger partial charge in [0.15, 0.2) is 0 Å². The predicted molar refractivity (Wildman–Crippen MR) is 51.0 cm³/mol. The molecule has 13 heavy (non-hydrogen) atoms. The summed E-state index contributed by atoms with van der Waals surface area (Å²) in [6.45, 7) is 2.57. The van der Waals surface area contributed by atoms with E-state index in [9.17, 15) is 4.39 Å². The van der Waals surface area contributed by atoms with E-state index in [0.29, 0.717) is 11.8 Å². The van der Waals surface area contributed by atoms with Crippen molar-refractivity contribution in [3.8, 4) is 0 Å². The normalized spacial score (nSPS) is 26.1. The summed E-state index contributed by atoms with van der Waals surface area (Å²) in [5, 5.41) is 0. The van der Waals surface area contributed by atoms with Gasteiger partial charge < -0.3 is 5.73 Å². The average Bonchev–Trinajstić information content (AvgIpc) is 2.89. The van der Waals surface area contributed by atoms with Crippen molar-refractivity contribution in [3.63, 3.8) is 0 Å². The number of nitrogens with two attached hydrogens (primary N) is 1. The van der Waals surface area contributed by atoms with Crippen molar-refractivity contribution in [1.29, 1.82) is 0 Å². The SMILES string of the molecule is Cc1c(F)cccc1[C@@H]1C[C@@H]1CN. The minimum Gasteiger partial charge on any atom is -0.330 e. The molecule has 0 radical (unpaired) electrons. The molecule has 0 bridgehead atoms. The van der Waals surface area contributed by atoms with E-state index >= 15 is 0 Å². The molecule has 1 aliphatic rings. The lowest BCUT2D eigenvalue weighted by atomic mass is 10.0. The van der Waals surface area contributed by atoms with Crippen LogP contribution in [0.5, 0.6) is 0 Å². The zero-order chi connectivity index (χ0) is 9.42. The summed E-state index contributed by atoms with van der Waals surface area (Å²) in [6, 6.07) is 5.31. The molecule has 2 rings (SSSR count). The fraction of sp³-hybridized carbons (Fsp3) is 0.455. The largest absolute Gasteiger partial charge is 0.330 e. The van der Waals surface area contributed by atoms with Crippen LogP contribution in [-0.2, 0) is 0 Å². The van der Waals surface area contributed by atoms with Crippen molar-refractivity contribution >= 4 is 0 Å². The lowest BCUT2D eigenvalue weighted by molar-refractivity contribution is 0.614. The van der Waals surface area contributed by atoms with Gasteiger partial charge in [0, 0.05) is 0 Å². The molecule has 0 aliphatic heterocycles. The summed E-state index contributed by atoms with van der Waals surface area (Å²) in [6.07, 6.45) is 1.13. The van der Waals surface area contributed by atoms with Crippen LogP contribution in [0, 0.1) is 18.7 Å². The first kappa shape index (κ1) is 8.70. The Kier molecular flexibility index (Phi) is 2.08. The Labute approximate surface area is 77.8 Å². The van der Waals surface area contributed by atoms with E-state index in [1.165, 1.54) is 6.07 Å². The van der Waals surface area contributed by atoms with Gasteiger partial charge in [-0.25, -0.2) is 4.39 Å². The summed E-state index contributed by atoms with van der Waals surface area (Å²) in [4.78, 5) is 0.